The summed E-state index contributed by atoms with van der Waals surface area (Å²) < 4.78 is 1.80. The van der Waals surface area contributed by atoms with Gasteiger partial charge in [-0.1, -0.05) is 30.2 Å². The van der Waals surface area contributed by atoms with Crippen molar-refractivity contribution >= 4 is 16.8 Å². The van der Waals surface area contributed by atoms with Gasteiger partial charge in [-0.3, -0.25) is 4.79 Å². The van der Waals surface area contributed by atoms with Crippen LogP contribution >= 0.6 is 0 Å². The number of aromatic nitrogens is 5. The number of carbonyl (C=O) groups is 1. The maximum absolute atomic E-state index is 12.9. The number of para-hydroxylation sites is 2. The molecule has 1 fully saturated rings. The third-order valence-electron chi connectivity index (χ3n) is 5.19. The van der Waals surface area contributed by atoms with E-state index in [0.717, 1.165) is 23.3 Å². The minimum atomic E-state index is -1.02. The molecule has 7 heteroatoms. The van der Waals surface area contributed by atoms with Crippen LogP contribution < -0.4 is 0 Å². The molecule has 2 heterocycles. The van der Waals surface area contributed by atoms with Crippen LogP contribution in [-0.2, 0) is 6.54 Å². The number of nitrogens with one attached hydrogen (secondary N) is 1. The van der Waals surface area contributed by atoms with Gasteiger partial charge in [-0.15, -0.1) is 5.10 Å². The predicted octanol–water partition coefficient (Wildman–Crippen LogP) is 3.14. The largest absolute Gasteiger partial charge is 0.340 e. The molecule has 26 heavy (non-hydrogen) atoms. The van der Waals surface area contributed by atoms with Crippen LogP contribution in [0.25, 0.3) is 11.0 Å². The molecule has 1 N–H and O–H groups in total. The minimum absolute atomic E-state index is 0.259. The third kappa shape index (κ3) is 2.88. The van der Waals surface area contributed by atoms with E-state index in [-0.39, 0.29) is 11.5 Å². The third-order valence-corrected chi connectivity index (χ3v) is 5.19. The minimum Gasteiger partial charge on any atom is -0.340 e. The van der Waals surface area contributed by atoms with Crippen molar-refractivity contribution in [3.8, 4) is 6.07 Å². The summed E-state index contributed by atoms with van der Waals surface area (Å²) in [5, 5.41) is 17.8. The van der Waals surface area contributed by atoms with E-state index in [1.165, 1.54) is 25.7 Å². The van der Waals surface area contributed by atoms with Crippen molar-refractivity contribution in [3.63, 3.8) is 0 Å². The van der Waals surface area contributed by atoms with Gasteiger partial charge in [-0.05, 0) is 37.8 Å². The molecule has 0 amide bonds. The lowest BCUT2D eigenvalue weighted by molar-refractivity contribution is 0.0971. The van der Waals surface area contributed by atoms with E-state index in [1.54, 1.807) is 4.68 Å². The molecule has 1 aliphatic rings. The zero-order chi connectivity index (χ0) is 18.1. The Hall–Kier alpha value is -3.01. The molecule has 0 saturated heterocycles. The molecule has 1 unspecified atom stereocenters. The summed E-state index contributed by atoms with van der Waals surface area (Å²) in [6, 6.07) is 9.53. The van der Waals surface area contributed by atoms with Crippen LogP contribution in [0.1, 0.15) is 53.6 Å². The van der Waals surface area contributed by atoms with Crippen molar-refractivity contribution in [1.82, 2.24) is 25.0 Å². The van der Waals surface area contributed by atoms with Crippen molar-refractivity contribution < 1.29 is 4.79 Å². The number of Topliss-reactive ketones (excluding diaryl/α,β-unsaturated/α-hetero) is 1. The van der Waals surface area contributed by atoms with Gasteiger partial charge in [-0.25, -0.2) is 9.67 Å². The monoisotopic (exact) mass is 348 g/mol. The summed E-state index contributed by atoms with van der Waals surface area (Å²) in [6.45, 7) is 2.63. The number of nitriles is 1. The Bertz CT molecular complexity index is 956. The van der Waals surface area contributed by atoms with Gasteiger partial charge in [0.05, 0.1) is 22.8 Å². The molecule has 0 radical (unpaired) electrons. The highest BCUT2D eigenvalue weighted by atomic mass is 16.1. The zero-order valence-electron chi connectivity index (χ0n) is 14.6. The smallest absolute Gasteiger partial charge is 0.209 e. The molecule has 1 saturated carbocycles. The summed E-state index contributed by atoms with van der Waals surface area (Å²) in [7, 11) is 0. The van der Waals surface area contributed by atoms with Crippen molar-refractivity contribution in [2.75, 3.05) is 0 Å². The van der Waals surface area contributed by atoms with Crippen LogP contribution in [0.4, 0.5) is 0 Å². The summed E-state index contributed by atoms with van der Waals surface area (Å²) >= 11 is 0. The second kappa shape index (κ2) is 6.71. The molecule has 1 atom stereocenters. The van der Waals surface area contributed by atoms with E-state index < -0.39 is 5.92 Å². The highest BCUT2D eigenvalue weighted by Gasteiger charge is 2.30. The first kappa shape index (κ1) is 16.5. The second-order valence-electron chi connectivity index (χ2n) is 6.92. The Balaban J connectivity index is 1.61. The van der Waals surface area contributed by atoms with Crippen LogP contribution in [0.3, 0.4) is 0 Å². The van der Waals surface area contributed by atoms with E-state index >= 15 is 0 Å². The molecule has 4 rings (SSSR count). The molecular formula is C19H20N6O. The number of fused-ring (bicyclic) bond motifs is 1. The first-order valence-electron chi connectivity index (χ1n) is 8.96. The number of rotatable bonds is 5. The number of ketones is 1. The molecule has 3 aromatic rings. The molecule has 7 nitrogen and oxygen atoms in total. The van der Waals surface area contributed by atoms with E-state index in [4.69, 9.17) is 0 Å². The Kier molecular flexibility index (Phi) is 4.25. The van der Waals surface area contributed by atoms with Gasteiger partial charge in [0.25, 0.3) is 0 Å². The van der Waals surface area contributed by atoms with Crippen LogP contribution in [0.5, 0.6) is 0 Å². The summed E-state index contributed by atoms with van der Waals surface area (Å²) in [6.07, 6.45) is 4.91. The van der Waals surface area contributed by atoms with E-state index in [0.29, 0.717) is 11.7 Å². The molecule has 132 valence electrons. The van der Waals surface area contributed by atoms with Gasteiger partial charge in [0.2, 0.25) is 5.78 Å². The second-order valence-corrected chi connectivity index (χ2v) is 6.92. The van der Waals surface area contributed by atoms with Crippen LogP contribution in [0.15, 0.2) is 24.3 Å². The van der Waals surface area contributed by atoms with Gasteiger partial charge >= 0.3 is 0 Å². The zero-order valence-corrected chi connectivity index (χ0v) is 14.6. The van der Waals surface area contributed by atoms with Crippen molar-refractivity contribution in [2.45, 2.75) is 45.1 Å². The lowest BCUT2D eigenvalue weighted by Gasteiger charge is -2.10. The number of nitrogens with zero attached hydrogens (tertiary/aromatic N) is 5. The van der Waals surface area contributed by atoms with Crippen LogP contribution in [-0.4, -0.2) is 30.7 Å². The maximum Gasteiger partial charge on any atom is 0.209 e. The quantitative estimate of drug-likeness (QED) is 0.714. The summed E-state index contributed by atoms with van der Waals surface area (Å²) in [4.78, 5) is 20.4. The highest BCUT2D eigenvalue weighted by Crippen LogP contribution is 2.27. The van der Waals surface area contributed by atoms with E-state index in [9.17, 15) is 10.1 Å². The average Bonchev–Trinajstić information content (AvgIpc) is 3.37. The molecule has 1 aliphatic carbocycles. The maximum atomic E-state index is 12.9. The Morgan fingerprint density at radius 2 is 2.15 bits per heavy atom. The van der Waals surface area contributed by atoms with Crippen molar-refractivity contribution in [1.29, 1.82) is 5.26 Å². The van der Waals surface area contributed by atoms with Gasteiger partial charge in [-0.2, -0.15) is 5.26 Å². The molecule has 0 bridgehead atoms. The van der Waals surface area contributed by atoms with Crippen LogP contribution in [0.2, 0.25) is 0 Å². The molecule has 2 aromatic heterocycles. The first-order valence-corrected chi connectivity index (χ1v) is 8.96. The molecular weight excluding hydrogens is 328 g/mol. The lowest BCUT2D eigenvalue weighted by Crippen LogP contribution is -2.15. The predicted molar refractivity (Wildman–Crippen MR) is 95.5 cm³/mol. The molecule has 0 aliphatic heterocycles. The normalized spacial score (nSPS) is 16.0. The number of hydrogen-bond acceptors (Lipinski definition) is 5. The van der Waals surface area contributed by atoms with E-state index in [2.05, 4.69) is 26.3 Å². The highest BCUT2D eigenvalue weighted by molar-refractivity contribution is 6.01. The number of hydrogen-bond donors (Lipinski definition) is 1. The van der Waals surface area contributed by atoms with Gasteiger partial charge in [0.15, 0.2) is 11.6 Å². The summed E-state index contributed by atoms with van der Waals surface area (Å²) in [5.41, 5.74) is 2.52. The molecule has 0 spiro atoms. The van der Waals surface area contributed by atoms with Crippen molar-refractivity contribution in [3.05, 3.63) is 41.5 Å². The lowest BCUT2D eigenvalue weighted by atomic mass is 10.0. The number of carbonyl (C=O) groups excluding carboxylic acids is 1. The fourth-order valence-electron chi connectivity index (χ4n) is 3.69. The molecule has 1 aromatic carbocycles. The Morgan fingerprint density at radius 1 is 1.38 bits per heavy atom. The number of imidazole rings is 1. The number of H-pyrrole nitrogens is 1. The topological polar surface area (TPSA) is 100 Å². The number of aromatic amines is 1. The summed E-state index contributed by atoms with van der Waals surface area (Å²) in [5.74, 6) is -0.427. The Morgan fingerprint density at radius 3 is 2.88 bits per heavy atom. The van der Waals surface area contributed by atoms with Crippen LogP contribution in [0, 0.1) is 24.2 Å². The SMILES string of the molecule is Cc1c(C(=O)C(C#N)c2nc3ccccc3[nH]2)nnn1CC1CCCC1. The fourth-order valence-corrected chi connectivity index (χ4v) is 3.69. The number of benzene rings is 1. The Labute approximate surface area is 151 Å². The standard InChI is InChI=1S/C19H20N6O/c1-12-17(23-24-25(12)11-13-6-2-3-7-13)18(26)14(10-20)19-21-15-8-4-5-9-16(15)22-19/h4-5,8-9,13-14H,2-3,6-7,11H2,1H3,(H,21,22). The van der Waals surface area contributed by atoms with Gasteiger partial charge < -0.3 is 4.98 Å². The van der Waals surface area contributed by atoms with Gasteiger partial charge in [0, 0.05) is 6.54 Å². The fraction of sp³-hybridized carbons (Fsp3) is 0.421. The van der Waals surface area contributed by atoms with Gasteiger partial charge in [0.1, 0.15) is 5.82 Å². The van der Waals surface area contributed by atoms with Crippen molar-refractivity contribution in [2.24, 2.45) is 5.92 Å². The first-order chi connectivity index (χ1) is 12.7. The average molecular weight is 348 g/mol. The van der Waals surface area contributed by atoms with E-state index in [1.807, 2.05) is 31.2 Å².